The van der Waals surface area contributed by atoms with E-state index in [1.807, 2.05) is 18.2 Å². The molecule has 5 nitrogen and oxygen atoms in total. The van der Waals surface area contributed by atoms with E-state index >= 15 is 0 Å². The summed E-state index contributed by atoms with van der Waals surface area (Å²) in [6.45, 7) is 5.04. The van der Waals surface area contributed by atoms with E-state index in [1.165, 1.54) is 12.8 Å². The minimum Gasteiger partial charge on any atom is -0.355 e. The highest BCUT2D eigenvalue weighted by Gasteiger charge is 2.20. The lowest BCUT2D eigenvalue weighted by atomic mass is 10.3. The Bertz CT molecular complexity index is 645. The van der Waals surface area contributed by atoms with Crippen molar-refractivity contribution in [1.29, 1.82) is 0 Å². The van der Waals surface area contributed by atoms with Crippen molar-refractivity contribution in [2.75, 3.05) is 19.6 Å². The zero-order valence-corrected chi connectivity index (χ0v) is 13.1. The number of fused-ring (bicyclic) bond motifs is 1. The minimum absolute atomic E-state index is 0.0693. The van der Waals surface area contributed by atoms with E-state index < -0.39 is 0 Å². The first-order chi connectivity index (χ1) is 10.8. The lowest BCUT2D eigenvalue weighted by Crippen LogP contribution is -2.35. The van der Waals surface area contributed by atoms with Gasteiger partial charge in [-0.2, -0.15) is 0 Å². The number of nitrogens with one attached hydrogen (secondary N) is 2. The quantitative estimate of drug-likeness (QED) is 0.780. The first-order valence-corrected chi connectivity index (χ1v) is 8.19. The SMILES string of the molecule is CCn1c(CCNC(=O)CNCC2CC2)nc2ccccc21. The van der Waals surface area contributed by atoms with Crippen molar-refractivity contribution in [1.82, 2.24) is 20.2 Å². The maximum Gasteiger partial charge on any atom is 0.233 e. The number of carbonyl (C=O) groups excluding carboxylic acids is 1. The third-order valence-corrected chi connectivity index (χ3v) is 4.14. The molecule has 1 saturated carbocycles. The number of benzene rings is 1. The highest BCUT2D eigenvalue weighted by Crippen LogP contribution is 2.27. The Balaban J connectivity index is 1.49. The van der Waals surface area contributed by atoms with Crippen molar-refractivity contribution >= 4 is 16.9 Å². The predicted octanol–water partition coefficient (Wildman–Crippen LogP) is 1.71. The van der Waals surface area contributed by atoms with E-state index in [2.05, 4.69) is 33.2 Å². The maximum atomic E-state index is 11.8. The van der Waals surface area contributed by atoms with Crippen LogP contribution in [0.1, 0.15) is 25.6 Å². The third-order valence-electron chi connectivity index (χ3n) is 4.14. The molecule has 2 aromatic rings. The summed E-state index contributed by atoms with van der Waals surface area (Å²) in [4.78, 5) is 16.4. The Morgan fingerprint density at radius 1 is 1.36 bits per heavy atom. The van der Waals surface area contributed by atoms with Gasteiger partial charge in [0.05, 0.1) is 17.6 Å². The number of nitrogens with zero attached hydrogens (tertiary/aromatic N) is 2. The number of imidazole rings is 1. The molecular weight excluding hydrogens is 276 g/mol. The molecule has 1 fully saturated rings. The van der Waals surface area contributed by atoms with E-state index in [0.717, 1.165) is 42.3 Å². The van der Waals surface area contributed by atoms with Gasteiger partial charge in [0.1, 0.15) is 5.82 Å². The van der Waals surface area contributed by atoms with Crippen molar-refractivity contribution in [3.63, 3.8) is 0 Å². The zero-order valence-electron chi connectivity index (χ0n) is 13.1. The number of aryl methyl sites for hydroxylation is 1. The van der Waals surface area contributed by atoms with Gasteiger partial charge in [-0.3, -0.25) is 4.79 Å². The van der Waals surface area contributed by atoms with Gasteiger partial charge in [-0.05, 0) is 44.4 Å². The van der Waals surface area contributed by atoms with Crippen LogP contribution in [0.3, 0.4) is 0 Å². The van der Waals surface area contributed by atoms with E-state index in [1.54, 1.807) is 0 Å². The van der Waals surface area contributed by atoms with Crippen molar-refractivity contribution in [2.24, 2.45) is 5.92 Å². The van der Waals surface area contributed by atoms with Crippen LogP contribution < -0.4 is 10.6 Å². The molecule has 0 unspecified atom stereocenters. The fourth-order valence-electron chi connectivity index (χ4n) is 2.76. The average Bonchev–Trinajstić information content (AvgIpc) is 3.27. The first kappa shape index (κ1) is 15.0. The Labute approximate surface area is 131 Å². The molecule has 0 saturated heterocycles. The molecule has 118 valence electrons. The van der Waals surface area contributed by atoms with Crippen molar-refractivity contribution < 1.29 is 4.79 Å². The van der Waals surface area contributed by atoms with Crippen LogP contribution in [-0.2, 0) is 17.8 Å². The summed E-state index contributed by atoms with van der Waals surface area (Å²) >= 11 is 0. The molecule has 5 heteroatoms. The predicted molar refractivity (Wildman–Crippen MR) is 87.7 cm³/mol. The second kappa shape index (κ2) is 6.92. The molecule has 0 radical (unpaired) electrons. The van der Waals surface area contributed by atoms with Crippen molar-refractivity contribution in [2.45, 2.75) is 32.7 Å². The van der Waals surface area contributed by atoms with Crippen LogP contribution in [0.5, 0.6) is 0 Å². The normalized spacial score (nSPS) is 14.4. The fourth-order valence-corrected chi connectivity index (χ4v) is 2.76. The van der Waals surface area contributed by atoms with E-state index in [4.69, 9.17) is 0 Å². The standard InChI is InChI=1S/C17H24N4O/c1-2-21-15-6-4-3-5-14(15)20-16(21)9-10-19-17(22)12-18-11-13-7-8-13/h3-6,13,18H,2,7-12H2,1H3,(H,19,22). The van der Waals surface area contributed by atoms with Gasteiger partial charge in [0.2, 0.25) is 5.91 Å². The second-order valence-electron chi connectivity index (χ2n) is 5.94. The number of rotatable bonds is 8. The summed E-state index contributed by atoms with van der Waals surface area (Å²) in [5, 5.41) is 6.17. The summed E-state index contributed by atoms with van der Waals surface area (Å²) < 4.78 is 2.22. The maximum absolute atomic E-state index is 11.8. The highest BCUT2D eigenvalue weighted by atomic mass is 16.1. The van der Waals surface area contributed by atoms with Gasteiger partial charge in [0.25, 0.3) is 0 Å². The molecule has 1 aromatic carbocycles. The van der Waals surface area contributed by atoms with Crippen LogP contribution in [0, 0.1) is 5.92 Å². The number of amides is 1. The Kier molecular flexibility index (Phi) is 4.73. The zero-order chi connectivity index (χ0) is 15.4. The van der Waals surface area contributed by atoms with Gasteiger partial charge in [-0.1, -0.05) is 12.1 Å². The number of aromatic nitrogens is 2. The van der Waals surface area contributed by atoms with Crippen LogP contribution >= 0.6 is 0 Å². The van der Waals surface area contributed by atoms with Crippen LogP contribution in [0.25, 0.3) is 11.0 Å². The molecule has 0 spiro atoms. The lowest BCUT2D eigenvalue weighted by molar-refractivity contribution is -0.120. The number of carbonyl (C=O) groups is 1. The van der Waals surface area contributed by atoms with Crippen LogP contribution in [0.2, 0.25) is 0 Å². The van der Waals surface area contributed by atoms with Crippen LogP contribution in [0.15, 0.2) is 24.3 Å². The molecule has 3 rings (SSSR count). The molecule has 1 amide bonds. The van der Waals surface area contributed by atoms with Crippen molar-refractivity contribution in [3.05, 3.63) is 30.1 Å². The average molecular weight is 300 g/mol. The van der Waals surface area contributed by atoms with Gasteiger partial charge in [-0.15, -0.1) is 0 Å². The Hall–Kier alpha value is -1.88. The monoisotopic (exact) mass is 300 g/mol. The Morgan fingerprint density at radius 3 is 2.95 bits per heavy atom. The molecule has 0 bridgehead atoms. The molecule has 22 heavy (non-hydrogen) atoms. The van der Waals surface area contributed by atoms with E-state index in [9.17, 15) is 4.79 Å². The van der Waals surface area contributed by atoms with Crippen molar-refractivity contribution in [3.8, 4) is 0 Å². The fraction of sp³-hybridized carbons (Fsp3) is 0.529. The summed E-state index contributed by atoms with van der Waals surface area (Å²) in [6, 6.07) is 8.17. The van der Waals surface area contributed by atoms with Gasteiger partial charge in [-0.25, -0.2) is 4.98 Å². The van der Waals surface area contributed by atoms with Crippen LogP contribution in [0.4, 0.5) is 0 Å². The largest absolute Gasteiger partial charge is 0.355 e. The smallest absolute Gasteiger partial charge is 0.233 e. The van der Waals surface area contributed by atoms with E-state index in [-0.39, 0.29) is 5.91 Å². The summed E-state index contributed by atoms with van der Waals surface area (Å²) in [7, 11) is 0. The number of hydrogen-bond acceptors (Lipinski definition) is 3. The van der Waals surface area contributed by atoms with Crippen LogP contribution in [-0.4, -0.2) is 35.1 Å². The number of para-hydroxylation sites is 2. The highest BCUT2D eigenvalue weighted by molar-refractivity contribution is 5.78. The molecular formula is C17H24N4O. The lowest BCUT2D eigenvalue weighted by Gasteiger charge is -2.08. The van der Waals surface area contributed by atoms with Gasteiger partial charge >= 0.3 is 0 Å². The first-order valence-electron chi connectivity index (χ1n) is 8.19. The van der Waals surface area contributed by atoms with Gasteiger partial charge in [0, 0.05) is 19.5 Å². The molecule has 0 aliphatic heterocycles. The third kappa shape index (κ3) is 3.65. The second-order valence-corrected chi connectivity index (χ2v) is 5.94. The molecule has 1 aromatic heterocycles. The summed E-state index contributed by atoms with van der Waals surface area (Å²) in [5.74, 6) is 1.91. The van der Waals surface area contributed by atoms with E-state index in [0.29, 0.717) is 13.1 Å². The Morgan fingerprint density at radius 2 is 2.18 bits per heavy atom. The molecule has 1 aliphatic carbocycles. The molecule has 1 aliphatic rings. The minimum atomic E-state index is 0.0693. The molecule has 2 N–H and O–H groups in total. The summed E-state index contributed by atoms with van der Waals surface area (Å²) in [6.07, 6.45) is 3.38. The summed E-state index contributed by atoms with van der Waals surface area (Å²) in [5.41, 5.74) is 2.19. The number of hydrogen-bond donors (Lipinski definition) is 2. The topological polar surface area (TPSA) is 59.0 Å². The molecule has 1 heterocycles. The molecule has 0 atom stereocenters. The van der Waals surface area contributed by atoms with Gasteiger partial charge in [0.15, 0.2) is 0 Å². The van der Waals surface area contributed by atoms with Gasteiger partial charge < -0.3 is 15.2 Å².